The fourth-order valence-corrected chi connectivity index (χ4v) is 1.49. The first-order valence-corrected chi connectivity index (χ1v) is 5.19. The van der Waals surface area contributed by atoms with Crippen LogP contribution >= 0.6 is 0 Å². The van der Waals surface area contributed by atoms with Gasteiger partial charge in [0.1, 0.15) is 5.82 Å². The van der Waals surface area contributed by atoms with Crippen LogP contribution in [0.3, 0.4) is 0 Å². The molecular formula is C10H12N6O2. The molecule has 0 amide bonds. The molecule has 0 radical (unpaired) electrons. The maximum atomic E-state index is 10.8. The monoisotopic (exact) mass is 248 g/mol. The lowest BCUT2D eigenvalue weighted by atomic mass is 10.3. The van der Waals surface area contributed by atoms with Gasteiger partial charge in [-0.2, -0.15) is 5.10 Å². The predicted molar refractivity (Wildman–Crippen MR) is 65.8 cm³/mol. The van der Waals surface area contributed by atoms with E-state index in [4.69, 9.17) is 5.73 Å². The van der Waals surface area contributed by atoms with E-state index in [1.807, 2.05) is 0 Å². The van der Waals surface area contributed by atoms with Gasteiger partial charge in [-0.05, 0) is 6.07 Å². The first kappa shape index (κ1) is 11.8. The lowest BCUT2D eigenvalue weighted by molar-refractivity contribution is -0.384. The second-order valence-electron chi connectivity index (χ2n) is 3.66. The molecule has 8 heteroatoms. The summed E-state index contributed by atoms with van der Waals surface area (Å²) in [6.45, 7) is 0.331. The van der Waals surface area contributed by atoms with Crippen molar-refractivity contribution in [2.45, 2.75) is 6.54 Å². The molecule has 0 aliphatic rings. The highest BCUT2D eigenvalue weighted by atomic mass is 16.6. The molecule has 94 valence electrons. The van der Waals surface area contributed by atoms with Gasteiger partial charge in [-0.3, -0.25) is 14.8 Å². The van der Waals surface area contributed by atoms with Crippen LogP contribution in [0.4, 0.5) is 17.3 Å². The van der Waals surface area contributed by atoms with Crippen LogP contribution in [0.2, 0.25) is 0 Å². The van der Waals surface area contributed by atoms with Gasteiger partial charge in [-0.1, -0.05) is 0 Å². The van der Waals surface area contributed by atoms with Crippen molar-refractivity contribution in [3.63, 3.8) is 0 Å². The Morgan fingerprint density at radius 1 is 1.61 bits per heavy atom. The number of pyridine rings is 1. The van der Waals surface area contributed by atoms with Crippen molar-refractivity contribution in [2.24, 2.45) is 7.05 Å². The highest BCUT2D eigenvalue weighted by molar-refractivity contribution is 5.56. The minimum Gasteiger partial charge on any atom is -0.384 e. The Bertz CT molecular complexity index is 579. The number of rotatable bonds is 4. The van der Waals surface area contributed by atoms with E-state index in [2.05, 4.69) is 15.4 Å². The summed E-state index contributed by atoms with van der Waals surface area (Å²) in [5.74, 6) is 0.729. The fourth-order valence-electron chi connectivity index (χ4n) is 1.49. The van der Waals surface area contributed by atoms with E-state index in [0.717, 1.165) is 5.56 Å². The second-order valence-corrected chi connectivity index (χ2v) is 3.66. The molecule has 3 N–H and O–H groups in total. The number of nitrogen functional groups attached to an aromatic ring is 1. The van der Waals surface area contributed by atoms with Crippen molar-refractivity contribution >= 4 is 17.3 Å². The number of nitro groups is 1. The third-order valence-corrected chi connectivity index (χ3v) is 2.49. The highest BCUT2D eigenvalue weighted by Crippen LogP contribution is 2.21. The summed E-state index contributed by atoms with van der Waals surface area (Å²) in [5, 5.41) is 17.7. The van der Waals surface area contributed by atoms with Gasteiger partial charge < -0.3 is 11.1 Å². The van der Waals surface area contributed by atoms with Gasteiger partial charge in [0.15, 0.2) is 0 Å². The van der Waals surface area contributed by atoms with Crippen molar-refractivity contribution in [3.05, 3.63) is 40.2 Å². The topological polar surface area (TPSA) is 112 Å². The molecule has 0 aliphatic carbocycles. The predicted octanol–water partition coefficient (Wildman–Crippen LogP) is 0.918. The van der Waals surface area contributed by atoms with Gasteiger partial charge in [0.2, 0.25) is 5.82 Å². The summed E-state index contributed by atoms with van der Waals surface area (Å²) in [5.41, 5.74) is 6.46. The van der Waals surface area contributed by atoms with E-state index < -0.39 is 4.92 Å². The van der Waals surface area contributed by atoms with Gasteiger partial charge in [0.05, 0.1) is 11.1 Å². The second kappa shape index (κ2) is 4.70. The first-order chi connectivity index (χ1) is 8.59. The van der Waals surface area contributed by atoms with Crippen LogP contribution in [-0.2, 0) is 13.6 Å². The Morgan fingerprint density at radius 3 is 3.00 bits per heavy atom. The largest absolute Gasteiger partial charge is 0.384 e. The number of nitrogens with one attached hydrogen (secondary N) is 1. The van der Waals surface area contributed by atoms with E-state index in [1.165, 1.54) is 23.0 Å². The van der Waals surface area contributed by atoms with Gasteiger partial charge in [-0.25, -0.2) is 4.98 Å². The van der Waals surface area contributed by atoms with Crippen LogP contribution in [-0.4, -0.2) is 19.7 Å². The summed E-state index contributed by atoms with van der Waals surface area (Å²) in [6.07, 6.45) is 3.10. The summed E-state index contributed by atoms with van der Waals surface area (Å²) >= 11 is 0. The molecule has 0 aromatic carbocycles. The zero-order valence-corrected chi connectivity index (χ0v) is 9.70. The molecule has 0 aliphatic heterocycles. The molecule has 0 saturated heterocycles. The maximum absolute atomic E-state index is 10.8. The Hall–Kier alpha value is -2.64. The number of nitrogens with two attached hydrogens (primary N) is 1. The van der Waals surface area contributed by atoms with Crippen molar-refractivity contribution < 1.29 is 4.92 Å². The molecule has 0 fully saturated rings. The van der Waals surface area contributed by atoms with Crippen LogP contribution in [0.15, 0.2) is 24.5 Å². The van der Waals surface area contributed by atoms with Crippen LogP contribution < -0.4 is 11.1 Å². The smallest absolute Gasteiger partial charge is 0.311 e. The summed E-state index contributed by atoms with van der Waals surface area (Å²) in [7, 11) is 1.72. The van der Waals surface area contributed by atoms with Crippen LogP contribution in [0, 0.1) is 10.1 Å². The van der Waals surface area contributed by atoms with Gasteiger partial charge in [-0.15, -0.1) is 0 Å². The van der Waals surface area contributed by atoms with Crippen LogP contribution in [0.1, 0.15) is 5.56 Å². The third kappa shape index (κ3) is 2.21. The van der Waals surface area contributed by atoms with Crippen LogP contribution in [0.25, 0.3) is 0 Å². The average Bonchev–Trinajstić information content (AvgIpc) is 2.68. The van der Waals surface area contributed by atoms with Crippen molar-refractivity contribution in [1.82, 2.24) is 14.8 Å². The number of aromatic nitrogens is 3. The maximum Gasteiger partial charge on any atom is 0.311 e. The number of hydrogen-bond donors (Lipinski definition) is 2. The van der Waals surface area contributed by atoms with Gasteiger partial charge in [0, 0.05) is 31.4 Å². The Morgan fingerprint density at radius 2 is 2.39 bits per heavy atom. The van der Waals surface area contributed by atoms with E-state index in [-0.39, 0.29) is 11.5 Å². The molecule has 8 nitrogen and oxygen atoms in total. The number of nitrogens with zero attached hydrogens (tertiary/aromatic N) is 4. The minimum atomic E-state index is -0.484. The molecule has 2 aromatic rings. The SMILES string of the molecule is Cn1ncc(CNc2ncccc2[N+](=O)[O-])c1N. The number of anilines is 2. The third-order valence-electron chi connectivity index (χ3n) is 2.49. The van der Waals surface area contributed by atoms with Crippen LogP contribution in [0.5, 0.6) is 0 Å². The first-order valence-electron chi connectivity index (χ1n) is 5.19. The van der Waals surface area contributed by atoms with Crippen molar-refractivity contribution in [2.75, 3.05) is 11.1 Å². The van der Waals surface area contributed by atoms with Gasteiger partial charge in [0.25, 0.3) is 0 Å². The lowest BCUT2D eigenvalue weighted by Gasteiger charge is -2.05. The molecule has 2 rings (SSSR count). The van der Waals surface area contributed by atoms with Crippen molar-refractivity contribution in [3.8, 4) is 0 Å². The summed E-state index contributed by atoms with van der Waals surface area (Å²) in [6, 6.07) is 2.91. The van der Waals surface area contributed by atoms with E-state index in [1.54, 1.807) is 13.2 Å². The fraction of sp³-hybridized carbons (Fsp3) is 0.200. The Balaban J connectivity index is 2.16. The minimum absolute atomic E-state index is 0.0695. The molecule has 0 atom stereocenters. The van der Waals surface area contributed by atoms with Crippen molar-refractivity contribution in [1.29, 1.82) is 0 Å². The molecule has 0 spiro atoms. The quantitative estimate of drug-likeness (QED) is 0.614. The van der Waals surface area contributed by atoms with E-state index in [0.29, 0.717) is 12.4 Å². The van der Waals surface area contributed by atoms with E-state index >= 15 is 0 Å². The molecule has 18 heavy (non-hydrogen) atoms. The normalized spacial score (nSPS) is 10.3. The molecule has 2 aromatic heterocycles. The van der Waals surface area contributed by atoms with E-state index in [9.17, 15) is 10.1 Å². The lowest BCUT2D eigenvalue weighted by Crippen LogP contribution is -2.06. The standard InChI is InChI=1S/C10H12N6O2/c1-15-9(11)7(6-14-15)5-13-10-8(16(17)18)3-2-4-12-10/h2-4,6H,5,11H2,1H3,(H,12,13). The molecule has 0 saturated carbocycles. The molecule has 0 unspecified atom stereocenters. The number of hydrogen-bond acceptors (Lipinski definition) is 6. The zero-order chi connectivity index (χ0) is 13.1. The molecule has 0 bridgehead atoms. The summed E-state index contributed by atoms with van der Waals surface area (Å²) in [4.78, 5) is 14.2. The molecule has 2 heterocycles. The number of aryl methyl sites for hydroxylation is 1. The summed E-state index contributed by atoms with van der Waals surface area (Å²) < 4.78 is 1.53. The Kier molecular flexibility index (Phi) is 3.09. The van der Waals surface area contributed by atoms with Gasteiger partial charge >= 0.3 is 5.69 Å². The zero-order valence-electron chi connectivity index (χ0n) is 9.70. The molecular weight excluding hydrogens is 236 g/mol. The Labute approximate surface area is 103 Å². The average molecular weight is 248 g/mol. The highest BCUT2D eigenvalue weighted by Gasteiger charge is 2.14.